The standard InChI is InChI=1S/C24H32N6O/c1-16-14-20(6-8-22(16)29-12-10-28(5)11-13-29)26-24(31)9-7-21-18(3)25-23-15-17(2)27-30(23)19(21)4/h6,8,14-15H,7,9-13H2,1-5H3,(H,26,31). The van der Waals surface area contributed by atoms with E-state index in [0.29, 0.717) is 12.8 Å². The number of nitrogens with one attached hydrogen (secondary N) is 1. The first-order valence-electron chi connectivity index (χ1n) is 11.0. The summed E-state index contributed by atoms with van der Waals surface area (Å²) in [5, 5.41) is 7.58. The van der Waals surface area contributed by atoms with Crippen molar-refractivity contribution in [2.24, 2.45) is 0 Å². The minimum Gasteiger partial charge on any atom is -0.369 e. The van der Waals surface area contributed by atoms with Gasteiger partial charge >= 0.3 is 0 Å². The second kappa shape index (κ2) is 8.67. The third kappa shape index (κ3) is 4.56. The number of aromatic nitrogens is 3. The number of fused-ring (bicyclic) bond motifs is 1. The van der Waals surface area contributed by atoms with Gasteiger partial charge in [-0.15, -0.1) is 0 Å². The minimum atomic E-state index is 0.0160. The number of nitrogens with zero attached hydrogens (tertiary/aromatic N) is 5. The highest BCUT2D eigenvalue weighted by Gasteiger charge is 2.17. The Labute approximate surface area is 184 Å². The van der Waals surface area contributed by atoms with Gasteiger partial charge in [-0.05, 0) is 70.5 Å². The van der Waals surface area contributed by atoms with Gasteiger partial charge in [-0.3, -0.25) is 4.79 Å². The van der Waals surface area contributed by atoms with Gasteiger partial charge in [0.1, 0.15) is 0 Å². The topological polar surface area (TPSA) is 65.8 Å². The van der Waals surface area contributed by atoms with E-state index in [1.54, 1.807) is 0 Å². The molecule has 0 aliphatic carbocycles. The zero-order valence-corrected chi connectivity index (χ0v) is 19.2. The Hall–Kier alpha value is -2.93. The average molecular weight is 421 g/mol. The van der Waals surface area contributed by atoms with Crippen LogP contribution in [-0.4, -0.2) is 58.6 Å². The number of aryl methyl sites for hydroxylation is 4. The van der Waals surface area contributed by atoms with E-state index in [2.05, 4.69) is 51.3 Å². The number of benzene rings is 1. The van der Waals surface area contributed by atoms with Crippen molar-refractivity contribution in [1.82, 2.24) is 19.5 Å². The molecule has 0 unspecified atom stereocenters. The van der Waals surface area contributed by atoms with Crippen LogP contribution in [0, 0.1) is 27.7 Å². The van der Waals surface area contributed by atoms with Crippen LogP contribution in [-0.2, 0) is 11.2 Å². The van der Waals surface area contributed by atoms with Crippen LogP contribution in [0.1, 0.15) is 34.6 Å². The molecule has 31 heavy (non-hydrogen) atoms. The molecular formula is C24H32N6O. The Morgan fingerprint density at radius 2 is 1.81 bits per heavy atom. The van der Waals surface area contributed by atoms with Crippen LogP contribution in [0.2, 0.25) is 0 Å². The summed E-state index contributed by atoms with van der Waals surface area (Å²) in [6.07, 6.45) is 1.05. The lowest BCUT2D eigenvalue weighted by molar-refractivity contribution is -0.116. The second-order valence-corrected chi connectivity index (χ2v) is 8.66. The maximum absolute atomic E-state index is 12.6. The van der Waals surface area contributed by atoms with Crippen molar-refractivity contribution in [3.63, 3.8) is 0 Å². The minimum absolute atomic E-state index is 0.0160. The van der Waals surface area contributed by atoms with Crippen LogP contribution < -0.4 is 10.2 Å². The lowest BCUT2D eigenvalue weighted by atomic mass is 10.1. The van der Waals surface area contributed by atoms with E-state index in [9.17, 15) is 4.79 Å². The molecule has 2 aromatic heterocycles. The fraction of sp³-hybridized carbons (Fsp3) is 0.458. The fourth-order valence-electron chi connectivity index (χ4n) is 4.40. The molecule has 1 amide bonds. The van der Waals surface area contributed by atoms with Gasteiger partial charge in [-0.1, -0.05) is 0 Å². The lowest BCUT2D eigenvalue weighted by Gasteiger charge is -2.35. The Balaban J connectivity index is 1.40. The van der Waals surface area contributed by atoms with Crippen LogP contribution in [0.4, 0.5) is 11.4 Å². The molecule has 1 fully saturated rings. The summed E-state index contributed by atoms with van der Waals surface area (Å²) >= 11 is 0. The van der Waals surface area contributed by atoms with Crippen molar-refractivity contribution in [2.45, 2.75) is 40.5 Å². The molecule has 3 aromatic rings. The van der Waals surface area contributed by atoms with Crippen LogP contribution in [0.3, 0.4) is 0 Å². The molecule has 7 heteroatoms. The van der Waals surface area contributed by atoms with Gasteiger partial charge in [0.2, 0.25) is 5.91 Å². The van der Waals surface area contributed by atoms with Gasteiger partial charge in [0.05, 0.1) is 5.69 Å². The SMILES string of the molecule is Cc1cc2nc(C)c(CCC(=O)Nc3ccc(N4CCN(C)CC4)c(C)c3)c(C)n2n1. The normalized spacial score (nSPS) is 14.9. The van der Waals surface area contributed by atoms with Crippen molar-refractivity contribution >= 4 is 22.9 Å². The molecule has 164 valence electrons. The van der Waals surface area contributed by atoms with Gasteiger partial charge in [0.25, 0.3) is 0 Å². The number of piperazine rings is 1. The van der Waals surface area contributed by atoms with Crippen molar-refractivity contribution in [3.05, 3.63) is 52.5 Å². The lowest BCUT2D eigenvalue weighted by Crippen LogP contribution is -2.44. The van der Waals surface area contributed by atoms with E-state index >= 15 is 0 Å². The molecule has 1 aliphatic heterocycles. The molecule has 0 atom stereocenters. The van der Waals surface area contributed by atoms with E-state index < -0.39 is 0 Å². The third-order valence-corrected chi connectivity index (χ3v) is 6.21. The molecule has 0 radical (unpaired) electrons. The smallest absolute Gasteiger partial charge is 0.224 e. The Kier molecular flexibility index (Phi) is 5.96. The van der Waals surface area contributed by atoms with Crippen LogP contribution in [0.25, 0.3) is 5.65 Å². The largest absolute Gasteiger partial charge is 0.369 e. The van der Waals surface area contributed by atoms with Gasteiger partial charge in [0, 0.05) is 61.4 Å². The number of hydrogen-bond donors (Lipinski definition) is 1. The number of amides is 1. The van der Waals surface area contributed by atoms with Crippen LogP contribution in [0.5, 0.6) is 0 Å². The monoisotopic (exact) mass is 420 g/mol. The molecule has 1 aromatic carbocycles. The van der Waals surface area contributed by atoms with Crippen LogP contribution in [0.15, 0.2) is 24.3 Å². The second-order valence-electron chi connectivity index (χ2n) is 8.66. The number of hydrogen-bond acceptors (Lipinski definition) is 5. The van der Waals surface area contributed by atoms with Gasteiger partial charge < -0.3 is 15.1 Å². The first-order chi connectivity index (χ1) is 14.8. The maximum Gasteiger partial charge on any atom is 0.224 e. The average Bonchev–Trinajstić information content (AvgIpc) is 3.09. The number of likely N-dealkylation sites (N-methyl/N-ethyl adjacent to an activating group) is 1. The van der Waals surface area contributed by atoms with E-state index in [1.807, 2.05) is 37.4 Å². The molecule has 7 nitrogen and oxygen atoms in total. The van der Waals surface area contributed by atoms with E-state index in [4.69, 9.17) is 0 Å². The predicted molar refractivity (Wildman–Crippen MR) is 125 cm³/mol. The Morgan fingerprint density at radius 1 is 1.06 bits per heavy atom. The van der Waals surface area contributed by atoms with E-state index in [1.165, 1.54) is 11.3 Å². The summed E-state index contributed by atoms with van der Waals surface area (Å²) in [7, 11) is 2.16. The summed E-state index contributed by atoms with van der Waals surface area (Å²) in [5.41, 5.74) is 8.21. The van der Waals surface area contributed by atoms with Crippen molar-refractivity contribution in [1.29, 1.82) is 0 Å². The van der Waals surface area contributed by atoms with Gasteiger partial charge in [-0.2, -0.15) is 5.10 Å². The third-order valence-electron chi connectivity index (χ3n) is 6.21. The zero-order chi connectivity index (χ0) is 22.1. The number of rotatable bonds is 5. The Bertz CT molecular complexity index is 1110. The number of carbonyl (C=O) groups excluding carboxylic acids is 1. The zero-order valence-electron chi connectivity index (χ0n) is 19.2. The summed E-state index contributed by atoms with van der Waals surface area (Å²) in [4.78, 5) is 22.1. The van der Waals surface area contributed by atoms with Gasteiger partial charge in [-0.25, -0.2) is 9.50 Å². The maximum atomic E-state index is 12.6. The first-order valence-corrected chi connectivity index (χ1v) is 11.0. The summed E-state index contributed by atoms with van der Waals surface area (Å²) in [5.74, 6) is 0.0160. The predicted octanol–water partition coefficient (Wildman–Crippen LogP) is 3.29. The molecule has 4 rings (SSSR count). The highest BCUT2D eigenvalue weighted by molar-refractivity contribution is 5.91. The summed E-state index contributed by atoms with van der Waals surface area (Å²) in [6.45, 7) is 12.4. The Morgan fingerprint density at radius 3 is 2.52 bits per heavy atom. The van der Waals surface area contributed by atoms with Crippen LogP contribution >= 0.6 is 0 Å². The van der Waals surface area contributed by atoms with E-state index in [-0.39, 0.29) is 5.91 Å². The molecule has 0 spiro atoms. The highest BCUT2D eigenvalue weighted by Crippen LogP contribution is 2.25. The molecular weight excluding hydrogens is 388 g/mol. The van der Waals surface area contributed by atoms with Gasteiger partial charge in [0.15, 0.2) is 5.65 Å². The molecule has 1 aliphatic rings. The molecule has 1 saturated heterocycles. The van der Waals surface area contributed by atoms with Crippen molar-refractivity contribution in [2.75, 3.05) is 43.4 Å². The fourth-order valence-corrected chi connectivity index (χ4v) is 4.40. The van der Waals surface area contributed by atoms with Crippen molar-refractivity contribution in [3.8, 4) is 0 Å². The highest BCUT2D eigenvalue weighted by atomic mass is 16.1. The number of anilines is 2. The molecule has 1 N–H and O–H groups in total. The quantitative estimate of drug-likeness (QED) is 0.686. The van der Waals surface area contributed by atoms with E-state index in [0.717, 1.165) is 60.2 Å². The molecule has 0 saturated carbocycles. The number of carbonyl (C=O) groups is 1. The molecule has 0 bridgehead atoms. The summed E-state index contributed by atoms with van der Waals surface area (Å²) < 4.78 is 1.87. The summed E-state index contributed by atoms with van der Waals surface area (Å²) in [6, 6.07) is 8.18. The molecule has 3 heterocycles. The van der Waals surface area contributed by atoms with Crippen molar-refractivity contribution < 1.29 is 4.79 Å². The first kappa shape index (κ1) is 21.3.